The first-order chi connectivity index (χ1) is 11.5. The van der Waals surface area contributed by atoms with Crippen LogP contribution in [0.25, 0.3) is 0 Å². The zero-order valence-corrected chi connectivity index (χ0v) is 14.2. The Morgan fingerprint density at radius 2 is 2.00 bits per heavy atom. The summed E-state index contributed by atoms with van der Waals surface area (Å²) in [7, 11) is 0. The predicted octanol–water partition coefficient (Wildman–Crippen LogP) is 2.61. The molecular weight excluding hydrogens is 330 g/mol. The van der Waals surface area contributed by atoms with Crippen molar-refractivity contribution in [2.75, 3.05) is 19.7 Å². The van der Waals surface area contributed by atoms with Crippen molar-refractivity contribution < 1.29 is 19.4 Å². The number of ether oxygens (including phenoxy) is 1. The minimum absolute atomic E-state index is 0.0952. The summed E-state index contributed by atoms with van der Waals surface area (Å²) in [4.78, 5) is 25.6. The number of hydrogen-bond donors (Lipinski definition) is 1. The Balaban J connectivity index is 1.53. The van der Waals surface area contributed by atoms with Crippen LogP contribution in [0.15, 0.2) is 24.3 Å². The van der Waals surface area contributed by atoms with Crippen LogP contribution in [0.1, 0.15) is 24.8 Å². The highest BCUT2D eigenvalue weighted by Crippen LogP contribution is 2.33. The minimum Gasteiger partial charge on any atom is -0.481 e. The van der Waals surface area contributed by atoms with E-state index in [2.05, 4.69) is 0 Å². The maximum atomic E-state index is 12.4. The molecule has 0 radical (unpaired) electrons. The van der Waals surface area contributed by atoms with Gasteiger partial charge in [-0.2, -0.15) is 0 Å². The molecule has 1 aromatic rings. The summed E-state index contributed by atoms with van der Waals surface area (Å²) in [5, 5.41) is 9.92. The number of carboxylic acid groups (broad SMARTS) is 1. The molecule has 2 atom stereocenters. The first-order valence-corrected chi connectivity index (χ1v) is 8.79. The molecule has 2 saturated heterocycles. The summed E-state index contributed by atoms with van der Waals surface area (Å²) >= 11 is 5.96. The molecule has 24 heavy (non-hydrogen) atoms. The molecule has 3 rings (SSSR count). The van der Waals surface area contributed by atoms with Crippen LogP contribution in [0, 0.1) is 11.8 Å². The molecule has 6 heteroatoms. The van der Waals surface area contributed by atoms with Gasteiger partial charge in [-0.3, -0.25) is 9.59 Å². The fraction of sp³-hybridized carbons (Fsp3) is 0.556. The molecule has 5 nitrogen and oxygen atoms in total. The SMILES string of the molecule is O=C(O)C1CCO[C@H]1C1CCN(C(=O)Cc2cccc(Cl)c2)CC1. The van der Waals surface area contributed by atoms with E-state index in [0.29, 0.717) is 37.6 Å². The Bertz CT molecular complexity index is 613. The number of hydrogen-bond acceptors (Lipinski definition) is 3. The van der Waals surface area contributed by atoms with Gasteiger partial charge < -0.3 is 14.7 Å². The van der Waals surface area contributed by atoms with Gasteiger partial charge in [0.25, 0.3) is 0 Å². The number of nitrogens with zero attached hydrogens (tertiary/aromatic N) is 1. The fourth-order valence-corrected chi connectivity index (χ4v) is 3.96. The number of benzene rings is 1. The third kappa shape index (κ3) is 3.90. The Hall–Kier alpha value is -1.59. The van der Waals surface area contributed by atoms with E-state index in [-0.39, 0.29) is 17.9 Å². The van der Waals surface area contributed by atoms with E-state index >= 15 is 0 Å². The molecule has 0 aliphatic carbocycles. The van der Waals surface area contributed by atoms with Gasteiger partial charge in [-0.15, -0.1) is 0 Å². The third-order valence-electron chi connectivity index (χ3n) is 5.05. The molecule has 1 unspecified atom stereocenters. The number of rotatable bonds is 4. The fourth-order valence-electron chi connectivity index (χ4n) is 3.75. The molecular formula is C18H22ClNO4. The lowest BCUT2D eigenvalue weighted by molar-refractivity contribution is -0.145. The van der Waals surface area contributed by atoms with Crippen molar-refractivity contribution in [3.8, 4) is 0 Å². The molecule has 0 saturated carbocycles. The smallest absolute Gasteiger partial charge is 0.309 e. The van der Waals surface area contributed by atoms with Crippen molar-refractivity contribution in [3.05, 3.63) is 34.9 Å². The summed E-state index contributed by atoms with van der Waals surface area (Å²) in [6, 6.07) is 7.36. The molecule has 0 bridgehead atoms. The molecule has 1 amide bonds. The maximum absolute atomic E-state index is 12.4. The average molecular weight is 352 g/mol. The maximum Gasteiger partial charge on any atom is 0.309 e. The van der Waals surface area contributed by atoms with Crippen LogP contribution in [0.5, 0.6) is 0 Å². The van der Waals surface area contributed by atoms with Gasteiger partial charge in [0.15, 0.2) is 0 Å². The molecule has 2 heterocycles. The van der Waals surface area contributed by atoms with Crippen LogP contribution in [0.2, 0.25) is 5.02 Å². The standard InChI is InChI=1S/C18H22ClNO4/c19-14-3-1-2-12(10-14)11-16(21)20-7-4-13(5-8-20)17-15(18(22)23)6-9-24-17/h1-3,10,13,15,17H,4-9,11H2,(H,22,23)/t15?,17-/m0/s1. The number of piperidine rings is 1. The molecule has 0 aromatic heterocycles. The van der Waals surface area contributed by atoms with Crippen molar-refractivity contribution in [3.63, 3.8) is 0 Å². The van der Waals surface area contributed by atoms with E-state index in [1.807, 2.05) is 23.1 Å². The van der Waals surface area contributed by atoms with E-state index in [0.717, 1.165) is 18.4 Å². The number of likely N-dealkylation sites (tertiary alicyclic amines) is 1. The van der Waals surface area contributed by atoms with Crippen LogP contribution in [-0.4, -0.2) is 47.7 Å². The van der Waals surface area contributed by atoms with E-state index in [1.54, 1.807) is 6.07 Å². The van der Waals surface area contributed by atoms with E-state index in [1.165, 1.54) is 0 Å². The highest BCUT2D eigenvalue weighted by Gasteiger charge is 2.40. The highest BCUT2D eigenvalue weighted by molar-refractivity contribution is 6.30. The number of carbonyl (C=O) groups excluding carboxylic acids is 1. The summed E-state index contributed by atoms with van der Waals surface area (Å²) in [6.07, 6.45) is 2.34. The summed E-state index contributed by atoms with van der Waals surface area (Å²) < 4.78 is 5.67. The quantitative estimate of drug-likeness (QED) is 0.905. The Kier molecular flexibility index (Phi) is 5.41. The van der Waals surface area contributed by atoms with Crippen LogP contribution >= 0.6 is 11.6 Å². The van der Waals surface area contributed by atoms with Crippen molar-refractivity contribution in [1.29, 1.82) is 0 Å². The van der Waals surface area contributed by atoms with Crippen molar-refractivity contribution in [1.82, 2.24) is 4.90 Å². The summed E-state index contributed by atoms with van der Waals surface area (Å²) in [5.41, 5.74) is 0.916. The zero-order valence-electron chi connectivity index (χ0n) is 13.5. The first kappa shape index (κ1) is 17.2. The number of aliphatic carboxylic acids is 1. The molecule has 2 aliphatic heterocycles. The van der Waals surface area contributed by atoms with Gasteiger partial charge in [0.2, 0.25) is 5.91 Å². The molecule has 1 aromatic carbocycles. The predicted molar refractivity (Wildman–Crippen MR) is 89.9 cm³/mol. The lowest BCUT2D eigenvalue weighted by Crippen LogP contribution is -2.43. The second-order valence-corrected chi connectivity index (χ2v) is 7.03. The van der Waals surface area contributed by atoms with Gasteiger partial charge in [0.05, 0.1) is 18.4 Å². The summed E-state index contributed by atoms with van der Waals surface area (Å²) in [6.45, 7) is 1.85. The van der Waals surface area contributed by atoms with Crippen LogP contribution in [0.4, 0.5) is 0 Å². The third-order valence-corrected chi connectivity index (χ3v) is 5.29. The van der Waals surface area contributed by atoms with Gasteiger partial charge in [-0.1, -0.05) is 23.7 Å². The molecule has 130 valence electrons. The van der Waals surface area contributed by atoms with Crippen LogP contribution in [-0.2, 0) is 20.7 Å². The number of carbonyl (C=O) groups is 2. The number of halogens is 1. The lowest BCUT2D eigenvalue weighted by atomic mass is 9.84. The summed E-state index contributed by atoms with van der Waals surface area (Å²) in [5.74, 6) is -0.845. The molecule has 2 aliphatic rings. The van der Waals surface area contributed by atoms with Gasteiger partial charge in [-0.25, -0.2) is 0 Å². The normalized spacial score (nSPS) is 25.0. The van der Waals surface area contributed by atoms with Gasteiger partial charge in [0, 0.05) is 24.7 Å². The van der Waals surface area contributed by atoms with Crippen LogP contribution in [0.3, 0.4) is 0 Å². The number of amides is 1. The zero-order chi connectivity index (χ0) is 17.1. The van der Waals surface area contributed by atoms with Crippen molar-refractivity contribution >= 4 is 23.5 Å². The monoisotopic (exact) mass is 351 g/mol. The Morgan fingerprint density at radius 1 is 1.25 bits per heavy atom. The van der Waals surface area contributed by atoms with E-state index in [9.17, 15) is 14.7 Å². The van der Waals surface area contributed by atoms with E-state index in [4.69, 9.17) is 16.3 Å². The topological polar surface area (TPSA) is 66.8 Å². The second-order valence-electron chi connectivity index (χ2n) is 6.59. The van der Waals surface area contributed by atoms with Gasteiger partial charge in [0.1, 0.15) is 0 Å². The largest absolute Gasteiger partial charge is 0.481 e. The highest BCUT2D eigenvalue weighted by atomic mass is 35.5. The molecule has 1 N–H and O–H groups in total. The van der Waals surface area contributed by atoms with E-state index < -0.39 is 11.9 Å². The molecule has 2 fully saturated rings. The molecule has 0 spiro atoms. The Morgan fingerprint density at radius 3 is 2.67 bits per heavy atom. The average Bonchev–Trinajstić information content (AvgIpc) is 3.05. The van der Waals surface area contributed by atoms with Crippen LogP contribution < -0.4 is 0 Å². The minimum atomic E-state index is -0.767. The van der Waals surface area contributed by atoms with Gasteiger partial charge in [-0.05, 0) is 42.9 Å². The van der Waals surface area contributed by atoms with Gasteiger partial charge >= 0.3 is 5.97 Å². The lowest BCUT2D eigenvalue weighted by Gasteiger charge is -2.35. The number of carboxylic acids is 1. The first-order valence-electron chi connectivity index (χ1n) is 8.41. The second kappa shape index (κ2) is 7.53. The van der Waals surface area contributed by atoms with Crippen molar-refractivity contribution in [2.24, 2.45) is 11.8 Å². The van der Waals surface area contributed by atoms with Crippen molar-refractivity contribution in [2.45, 2.75) is 31.8 Å². The Labute approximate surface area is 146 Å².